The highest BCUT2D eigenvalue weighted by Crippen LogP contribution is 2.40. The highest BCUT2D eigenvalue weighted by Gasteiger charge is 2.46. The lowest BCUT2D eigenvalue weighted by molar-refractivity contribution is -0.156. The van der Waals surface area contributed by atoms with Crippen LogP contribution in [0.25, 0.3) is 0 Å². The first-order valence-electron chi connectivity index (χ1n) is 7.90. The fourth-order valence-corrected chi connectivity index (χ4v) is 4.22. The number of hydrogen-bond acceptors (Lipinski definition) is 3. The van der Waals surface area contributed by atoms with E-state index in [0.29, 0.717) is 25.1 Å². The van der Waals surface area contributed by atoms with Crippen LogP contribution in [0.5, 0.6) is 0 Å². The molecule has 4 heteroatoms. The Hall–Kier alpha value is -0.610. The lowest BCUT2D eigenvalue weighted by Gasteiger charge is -2.44. The number of ether oxygens (including phenoxy) is 1. The van der Waals surface area contributed by atoms with Crippen LogP contribution in [-0.4, -0.2) is 42.6 Å². The van der Waals surface area contributed by atoms with Crippen LogP contribution in [0.15, 0.2) is 0 Å². The molecule has 3 fully saturated rings. The third-order valence-corrected chi connectivity index (χ3v) is 5.40. The molecule has 19 heavy (non-hydrogen) atoms. The average molecular weight is 266 g/mol. The van der Waals surface area contributed by atoms with Gasteiger partial charge in [-0.25, -0.2) is 0 Å². The van der Waals surface area contributed by atoms with E-state index in [1.54, 1.807) is 0 Å². The monoisotopic (exact) mass is 266 g/mol. The maximum Gasteiger partial charge on any atom is 0.230 e. The number of fused-ring (bicyclic) bond motifs is 1. The van der Waals surface area contributed by atoms with Gasteiger partial charge in [-0.15, -0.1) is 0 Å². The molecule has 1 saturated heterocycles. The zero-order chi connectivity index (χ0) is 13.3. The predicted octanol–water partition coefficient (Wildman–Crippen LogP) is 1.68. The van der Waals surface area contributed by atoms with Gasteiger partial charge in [-0.05, 0) is 32.1 Å². The summed E-state index contributed by atoms with van der Waals surface area (Å²) < 4.78 is 5.81. The van der Waals surface area contributed by atoms with E-state index in [2.05, 4.69) is 4.90 Å². The molecule has 1 amide bonds. The third-order valence-electron chi connectivity index (χ3n) is 5.40. The minimum atomic E-state index is -0.261. The van der Waals surface area contributed by atoms with Crippen LogP contribution < -0.4 is 5.73 Å². The molecule has 108 valence electrons. The largest absolute Gasteiger partial charge is 0.374 e. The first-order chi connectivity index (χ1) is 9.27. The average Bonchev–Trinajstić information content (AvgIpc) is 2.95. The van der Waals surface area contributed by atoms with Gasteiger partial charge in [0.25, 0.3) is 0 Å². The van der Waals surface area contributed by atoms with Crippen molar-refractivity contribution in [2.24, 2.45) is 11.1 Å². The number of carbonyl (C=O) groups is 1. The fourth-order valence-electron chi connectivity index (χ4n) is 4.22. The SMILES string of the molecule is NCC1(C(=O)N2CCOC3CCCC32)CCCCC1. The molecule has 2 aliphatic carbocycles. The Morgan fingerprint density at radius 3 is 2.74 bits per heavy atom. The van der Waals surface area contributed by atoms with E-state index in [0.717, 1.165) is 45.1 Å². The van der Waals surface area contributed by atoms with Crippen molar-refractivity contribution in [3.05, 3.63) is 0 Å². The molecule has 2 unspecified atom stereocenters. The van der Waals surface area contributed by atoms with Crippen LogP contribution in [0.4, 0.5) is 0 Å². The quantitative estimate of drug-likeness (QED) is 0.827. The van der Waals surface area contributed by atoms with Crippen molar-refractivity contribution in [3.8, 4) is 0 Å². The van der Waals surface area contributed by atoms with Crippen molar-refractivity contribution < 1.29 is 9.53 Å². The Bertz CT molecular complexity index is 339. The molecule has 0 aromatic heterocycles. The molecule has 1 heterocycles. The van der Waals surface area contributed by atoms with Gasteiger partial charge in [0.15, 0.2) is 0 Å². The normalized spacial score (nSPS) is 34.1. The van der Waals surface area contributed by atoms with Gasteiger partial charge < -0.3 is 15.4 Å². The Morgan fingerprint density at radius 2 is 2.00 bits per heavy atom. The summed E-state index contributed by atoms with van der Waals surface area (Å²) in [6.45, 7) is 1.98. The molecule has 4 nitrogen and oxygen atoms in total. The topological polar surface area (TPSA) is 55.6 Å². The van der Waals surface area contributed by atoms with Gasteiger partial charge in [0, 0.05) is 13.1 Å². The van der Waals surface area contributed by atoms with E-state index in [1.165, 1.54) is 12.8 Å². The second-order valence-corrected chi connectivity index (χ2v) is 6.45. The van der Waals surface area contributed by atoms with Crippen LogP contribution >= 0.6 is 0 Å². The van der Waals surface area contributed by atoms with Gasteiger partial charge in [0.05, 0.1) is 24.2 Å². The number of amides is 1. The molecule has 0 radical (unpaired) electrons. The summed E-state index contributed by atoms with van der Waals surface area (Å²) in [6, 6.07) is 0.326. The van der Waals surface area contributed by atoms with Crippen molar-refractivity contribution in [2.75, 3.05) is 19.7 Å². The molecule has 1 aliphatic heterocycles. The number of morpholine rings is 1. The molecule has 3 aliphatic rings. The molecular formula is C15H26N2O2. The molecule has 2 N–H and O–H groups in total. The van der Waals surface area contributed by atoms with Crippen molar-refractivity contribution >= 4 is 5.91 Å². The van der Waals surface area contributed by atoms with Crippen LogP contribution in [-0.2, 0) is 9.53 Å². The van der Waals surface area contributed by atoms with Crippen LogP contribution in [0.1, 0.15) is 51.4 Å². The molecule has 2 saturated carbocycles. The third kappa shape index (κ3) is 2.29. The number of rotatable bonds is 2. The molecule has 2 atom stereocenters. The van der Waals surface area contributed by atoms with Gasteiger partial charge in [-0.1, -0.05) is 19.3 Å². The standard InChI is InChI=1S/C15H26N2O2/c16-11-15(7-2-1-3-8-15)14(18)17-9-10-19-13-6-4-5-12(13)17/h12-13H,1-11,16H2. The zero-order valence-electron chi connectivity index (χ0n) is 11.8. The van der Waals surface area contributed by atoms with E-state index in [-0.39, 0.29) is 11.5 Å². The van der Waals surface area contributed by atoms with Gasteiger partial charge in [0.1, 0.15) is 0 Å². The number of carbonyl (C=O) groups excluding carboxylic acids is 1. The van der Waals surface area contributed by atoms with E-state index in [9.17, 15) is 4.79 Å². The summed E-state index contributed by atoms with van der Waals surface area (Å²) in [4.78, 5) is 15.2. The summed E-state index contributed by atoms with van der Waals surface area (Å²) in [5, 5.41) is 0. The highest BCUT2D eigenvalue weighted by molar-refractivity contribution is 5.83. The summed E-state index contributed by atoms with van der Waals surface area (Å²) in [5.74, 6) is 0.329. The number of nitrogens with two attached hydrogens (primary N) is 1. The molecular weight excluding hydrogens is 240 g/mol. The molecule has 0 aromatic carbocycles. The number of hydrogen-bond donors (Lipinski definition) is 1. The van der Waals surface area contributed by atoms with E-state index < -0.39 is 0 Å². The van der Waals surface area contributed by atoms with E-state index in [4.69, 9.17) is 10.5 Å². The lowest BCUT2D eigenvalue weighted by atomic mass is 9.72. The Labute approximate surface area is 115 Å². The van der Waals surface area contributed by atoms with Crippen molar-refractivity contribution in [3.63, 3.8) is 0 Å². The van der Waals surface area contributed by atoms with Crippen LogP contribution in [0, 0.1) is 5.41 Å². The van der Waals surface area contributed by atoms with Crippen molar-refractivity contribution in [2.45, 2.75) is 63.5 Å². The van der Waals surface area contributed by atoms with Crippen LogP contribution in [0.2, 0.25) is 0 Å². The molecule has 3 rings (SSSR count). The summed E-state index contributed by atoms with van der Waals surface area (Å²) in [6.07, 6.45) is 9.23. The van der Waals surface area contributed by atoms with Gasteiger partial charge >= 0.3 is 0 Å². The molecule has 0 bridgehead atoms. The summed E-state index contributed by atoms with van der Waals surface area (Å²) in [5.41, 5.74) is 5.74. The van der Waals surface area contributed by atoms with Gasteiger partial charge in [-0.2, -0.15) is 0 Å². The Kier molecular flexibility index (Phi) is 3.81. The smallest absolute Gasteiger partial charge is 0.230 e. The second kappa shape index (κ2) is 5.41. The lowest BCUT2D eigenvalue weighted by Crippen LogP contribution is -2.57. The Balaban J connectivity index is 1.77. The van der Waals surface area contributed by atoms with Gasteiger partial charge in [-0.3, -0.25) is 4.79 Å². The first kappa shape index (κ1) is 13.4. The zero-order valence-corrected chi connectivity index (χ0v) is 11.8. The number of nitrogens with zero attached hydrogens (tertiary/aromatic N) is 1. The van der Waals surface area contributed by atoms with Gasteiger partial charge in [0.2, 0.25) is 5.91 Å². The molecule has 0 aromatic rings. The van der Waals surface area contributed by atoms with Crippen molar-refractivity contribution in [1.82, 2.24) is 4.90 Å². The molecule has 0 spiro atoms. The van der Waals surface area contributed by atoms with Crippen LogP contribution in [0.3, 0.4) is 0 Å². The maximum atomic E-state index is 13.0. The fraction of sp³-hybridized carbons (Fsp3) is 0.933. The van der Waals surface area contributed by atoms with E-state index in [1.807, 2.05) is 0 Å². The minimum Gasteiger partial charge on any atom is -0.374 e. The van der Waals surface area contributed by atoms with Crippen molar-refractivity contribution in [1.29, 1.82) is 0 Å². The first-order valence-corrected chi connectivity index (χ1v) is 7.90. The summed E-state index contributed by atoms with van der Waals surface area (Å²) >= 11 is 0. The van der Waals surface area contributed by atoms with E-state index >= 15 is 0 Å². The predicted molar refractivity (Wildman–Crippen MR) is 73.7 cm³/mol. The highest BCUT2D eigenvalue weighted by atomic mass is 16.5. The Morgan fingerprint density at radius 1 is 1.21 bits per heavy atom. The second-order valence-electron chi connectivity index (χ2n) is 6.45. The summed E-state index contributed by atoms with van der Waals surface area (Å²) in [7, 11) is 0. The minimum absolute atomic E-state index is 0.261. The maximum absolute atomic E-state index is 13.0.